The molecule has 1 aromatic rings. The summed E-state index contributed by atoms with van der Waals surface area (Å²) in [6.07, 6.45) is 2.08. The van der Waals surface area contributed by atoms with Crippen molar-refractivity contribution in [2.75, 3.05) is 32.1 Å². The number of aliphatic hydroxyl groups is 1. The van der Waals surface area contributed by atoms with Crippen molar-refractivity contribution in [1.29, 1.82) is 0 Å². The topological polar surface area (TPSA) is 26.7 Å². The van der Waals surface area contributed by atoms with Gasteiger partial charge in [0.1, 0.15) is 0 Å². The van der Waals surface area contributed by atoms with Crippen molar-refractivity contribution in [3.63, 3.8) is 0 Å². The number of hydrogen-bond acceptors (Lipinski definition) is 3. The van der Waals surface area contributed by atoms with E-state index < -0.39 is 6.10 Å². The van der Waals surface area contributed by atoms with Gasteiger partial charge >= 0.3 is 0 Å². The Balaban J connectivity index is 2.17. The predicted molar refractivity (Wildman–Crippen MR) is 83.7 cm³/mol. The van der Waals surface area contributed by atoms with Crippen molar-refractivity contribution in [3.8, 4) is 0 Å². The van der Waals surface area contributed by atoms with E-state index in [2.05, 4.69) is 45.9 Å². The lowest BCUT2D eigenvalue weighted by Gasteiger charge is -2.38. The molecule has 0 saturated carbocycles. The molecule has 0 spiro atoms. The Kier molecular flexibility index (Phi) is 4.87. The highest BCUT2D eigenvalue weighted by atomic mass is 79.9. The van der Waals surface area contributed by atoms with Crippen LogP contribution >= 0.6 is 15.9 Å². The molecule has 106 valence electrons. The maximum Gasteiger partial charge on any atom is 0.0762 e. The maximum absolute atomic E-state index is 9.62. The minimum absolute atomic E-state index is 0.416. The van der Waals surface area contributed by atoms with Crippen LogP contribution in [0.5, 0.6) is 0 Å². The number of nitrogens with zero attached hydrogens (tertiary/aromatic N) is 2. The molecule has 1 N–H and O–H groups in total. The van der Waals surface area contributed by atoms with E-state index >= 15 is 0 Å². The summed E-state index contributed by atoms with van der Waals surface area (Å²) < 4.78 is 1.07. The highest BCUT2D eigenvalue weighted by Crippen LogP contribution is 2.31. The van der Waals surface area contributed by atoms with Gasteiger partial charge in [-0.2, -0.15) is 0 Å². The molecule has 2 atom stereocenters. The molecule has 1 aromatic carbocycles. The highest BCUT2D eigenvalue weighted by molar-refractivity contribution is 9.10. The highest BCUT2D eigenvalue weighted by Gasteiger charge is 2.22. The Morgan fingerprint density at radius 3 is 2.74 bits per heavy atom. The van der Waals surface area contributed by atoms with Gasteiger partial charge in [0, 0.05) is 23.6 Å². The van der Waals surface area contributed by atoms with E-state index in [1.807, 2.05) is 12.1 Å². The molecule has 3 nitrogen and oxygen atoms in total. The Morgan fingerprint density at radius 1 is 1.42 bits per heavy atom. The molecule has 2 rings (SSSR count). The second-order valence-corrected chi connectivity index (χ2v) is 6.45. The van der Waals surface area contributed by atoms with Crippen LogP contribution < -0.4 is 4.90 Å². The number of anilines is 1. The third-order valence-electron chi connectivity index (χ3n) is 3.92. The molecule has 1 heterocycles. The van der Waals surface area contributed by atoms with Crippen molar-refractivity contribution >= 4 is 21.6 Å². The minimum atomic E-state index is -0.416. The van der Waals surface area contributed by atoms with Gasteiger partial charge in [-0.15, -0.1) is 0 Å². The summed E-state index contributed by atoms with van der Waals surface area (Å²) >= 11 is 3.64. The van der Waals surface area contributed by atoms with Crippen LogP contribution in [0.25, 0.3) is 0 Å². The second-order valence-electron chi connectivity index (χ2n) is 5.59. The molecule has 0 aliphatic carbocycles. The Bertz CT molecular complexity index is 434. The second kappa shape index (κ2) is 6.25. The van der Waals surface area contributed by atoms with Gasteiger partial charge in [-0.3, -0.25) is 0 Å². The van der Waals surface area contributed by atoms with Crippen molar-refractivity contribution < 1.29 is 5.11 Å². The van der Waals surface area contributed by atoms with Gasteiger partial charge in [-0.05, 0) is 67.5 Å². The summed E-state index contributed by atoms with van der Waals surface area (Å²) in [7, 11) is 4.31. The number of benzene rings is 1. The third-order valence-corrected chi connectivity index (χ3v) is 4.56. The summed E-state index contributed by atoms with van der Waals surface area (Å²) in [6.45, 7) is 3.97. The predicted octanol–water partition coefficient (Wildman–Crippen LogP) is 3.03. The number of piperidine rings is 1. The fourth-order valence-electron chi connectivity index (χ4n) is 2.63. The largest absolute Gasteiger partial charge is 0.389 e. The zero-order valence-electron chi connectivity index (χ0n) is 11.9. The van der Waals surface area contributed by atoms with Gasteiger partial charge in [0.25, 0.3) is 0 Å². The molecule has 1 fully saturated rings. The summed E-state index contributed by atoms with van der Waals surface area (Å²) in [6, 6.07) is 6.78. The van der Waals surface area contributed by atoms with E-state index in [0.29, 0.717) is 6.04 Å². The zero-order valence-corrected chi connectivity index (χ0v) is 13.5. The SMILES string of the molecule is CC(O)c1ccc(N2CCCC(N(C)C)C2)c(Br)c1. The van der Waals surface area contributed by atoms with Gasteiger partial charge in [-0.1, -0.05) is 6.07 Å². The molecular formula is C15H23BrN2O. The van der Waals surface area contributed by atoms with Crippen LogP contribution in [0.2, 0.25) is 0 Å². The first-order valence-corrected chi connectivity index (χ1v) is 7.67. The molecule has 0 aromatic heterocycles. The molecule has 0 radical (unpaired) electrons. The van der Waals surface area contributed by atoms with Crippen LogP contribution in [0.15, 0.2) is 22.7 Å². The molecular weight excluding hydrogens is 304 g/mol. The van der Waals surface area contributed by atoms with Gasteiger partial charge in [-0.25, -0.2) is 0 Å². The van der Waals surface area contributed by atoms with Crippen LogP contribution in [0.1, 0.15) is 31.4 Å². The normalized spacial score (nSPS) is 21.8. The van der Waals surface area contributed by atoms with Crippen LogP contribution in [0.4, 0.5) is 5.69 Å². The third kappa shape index (κ3) is 3.50. The fraction of sp³-hybridized carbons (Fsp3) is 0.600. The maximum atomic E-state index is 9.62. The molecule has 19 heavy (non-hydrogen) atoms. The van der Waals surface area contributed by atoms with Crippen LogP contribution in [0, 0.1) is 0 Å². The molecule has 4 heteroatoms. The summed E-state index contributed by atoms with van der Waals surface area (Å²) in [5.74, 6) is 0. The monoisotopic (exact) mass is 326 g/mol. The van der Waals surface area contributed by atoms with Crippen molar-refractivity contribution in [1.82, 2.24) is 4.90 Å². The van der Waals surface area contributed by atoms with Gasteiger partial charge < -0.3 is 14.9 Å². The lowest BCUT2D eigenvalue weighted by Crippen LogP contribution is -2.45. The quantitative estimate of drug-likeness (QED) is 0.924. The Labute approximate surface area is 124 Å². The molecule has 1 aliphatic rings. The average Bonchev–Trinajstić information content (AvgIpc) is 2.38. The summed E-state index contributed by atoms with van der Waals surface area (Å²) in [4.78, 5) is 4.74. The number of hydrogen-bond donors (Lipinski definition) is 1. The first-order valence-electron chi connectivity index (χ1n) is 6.88. The Morgan fingerprint density at radius 2 is 2.16 bits per heavy atom. The first-order chi connectivity index (χ1) is 8.99. The first kappa shape index (κ1) is 14.8. The number of halogens is 1. The number of rotatable bonds is 3. The molecule has 1 saturated heterocycles. The fourth-order valence-corrected chi connectivity index (χ4v) is 3.28. The van der Waals surface area contributed by atoms with E-state index in [0.717, 1.165) is 23.1 Å². The van der Waals surface area contributed by atoms with Crippen molar-refractivity contribution in [3.05, 3.63) is 28.2 Å². The summed E-state index contributed by atoms with van der Waals surface area (Å²) in [5, 5.41) is 9.62. The van der Waals surface area contributed by atoms with E-state index in [4.69, 9.17) is 0 Å². The van der Waals surface area contributed by atoms with Gasteiger partial charge in [0.2, 0.25) is 0 Å². The standard InChI is InChI=1S/C15H23BrN2O/c1-11(19)12-6-7-15(14(16)9-12)18-8-4-5-13(10-18)17(2)3/h6-7,9,11,13,19H,4-5,8,10H2,1-3H3. The lowest BCUT2D eigenvalue weighted by molar-refractivity contribution is 0.199. The molecule has 1 aliphatic heterocycles. The van der Waals surface area contributed by atoms with Crippen LogP contribution in [-0.4, -0.2) is 43.2 Å². The molecule has 0 amide bonds. The van der Waals surface area contributed by atoms with E-state index in [1.165, 1.54) is 18.5 Å². The van der Waals surface area contributed by atoms with Gasteiger partial charge in [0.05, 0.1) is 11.8 Å². The smallest absolute Gasteiger partial charge is 0.0762 e. The van der Waals surface area contributed by atoms with Crippen molar-refractivity contribution in [2.45, 2.75) is 31.9 Å². The van der Waals surface area contributed by atoms with E-state index in [9.17, 15) is 5.11 Å². The number of aliphatic hydroxyl groups excluding tert-OH is 1. The van der Waals surface area contributed by atoms with Crippen LogP contribution in [0.3, 0.4) is 0 Å². The zero-order chi connectivity index (χ0) is 14.0. The van der Waals surface area contributed by atoms with Crippen molar-refractivity contribution in [2.24, 2.45) is 0 Å². The summed E-state index contributed by atoms with van der Waals surface area (Å²) in [5.41, 5.74) is 2.19. The lowest BCUT2D eigenvalue weighted by atomic mass is 10.0. The van der Waals surface area contributed by atoms with Crippen LogP contribution in [-0.2, 0) is 0 Å². The van der Waals surface area contributed by atoms with E-state index in [1.54, 1.807) is 6.92 Å². The minimum Gasteiger partial charge on any atom is -0.389 e. The Hall–Kier alpha value is -0.580. The molecule has 2 unspecified atom stereocenters. The average molecular weight is 327 g/mol. The molecule has 0 bridgehead atoms. The van der Waals surface area contributed by atoms with E-state index in [-0.39, 0.29) is 0 Å². The number of likely N-dealkylation sites (N-methyl/N-ethyl adjacent to an activating group) is 1. The van der Waals surface area contributed by atoms with Gasteiger partial charge in [0.15, 0.2) is 0 Å².